The molecule has 0 unspecified atom stereocenters. The van der Waals surface area contributed by atoms with Crippen LogP contribution in [0.4, 0.5) is 5.00 Å². The van der Waals surface area contributed by atoms with E-state index in [-0.39, 0.29) is 29.8 Å². The molecule has 4 aromatic rings. The van der Waals surface area contributed by atoms with Gasteiger partial charge in [0.2, 0.25) is 5.91 Å². The number of para-hydroxylation sites is 1. The van der Waals surface area contributed by atoms with Gasteiger partial charge in [-0.25, -0.2) is 9.78 Å². The zero-order chi connectivity index (χ0) is 26.2. The number of thiophene rings is 2. The van der Waals surface area contributed by atoms with Crippen molar-refractivity contribution in [2.75, 3.05) is 17.7 Å². The molecule has 10 heteroatoms. The zero-order valence-corrected chi connectivity index (χ0v) is 23.5. The molecule has 0 bridgehead atoms. The molecule has 0 aliphatic heterocycles. The van der Waals surface area contributed by atoms with Gasteiger partial charge in [0.25, 0.3) is 5.56 Å². The standard InChI is InChI=1S/C28H27N3O4S3/c1-2-35-27(34)23-18-11-6-7-13-19(18)38-25(23)29-21(32)15-36-28-30-24-22(17-12-8-14-20(17)37-24)26(33)31(28)16-9-4-3-5-10-16/h3-5,9-10H,2,6-8,11-15H2,1H3,(H,29,32). The zero-order valence-electron chi connectivity index (χ0n) is 21.0. The Morgan fingerprint density at radius 2 is 1.76 bits per heavy atom. The molecular weight excluding hydrogens is 539 g/mol. The number of amides is 1. The van der Waals surface area contributed by atoms with Crippen LogP contribution in [0.15, 0.2) is 40.3 Å². The van der Waals surface area contributed by atoms with Crippen molar-refractivity contribution in [2.24, 2.45) is 0 Å². The molecular formula is C28H27N3O4S3. The second kappa shape index (κ2) is 10.7. The van der Waals surface area contributed by atoms with Gasteiger partial charge in [-0.2, -0.15) is 0 Å². The Hall–Kier alpha value is -2.95. The van der Waals surface area contributed by atoms with Crippen LogP contribution in [0.1, 0.15) is 57.4 Å². The van der Waals surface area contributed by atoms with Gasteiger partial charge in [-0.1, -0.05) is 30.0 Å². The van der Waals surface area contributed by atoms with Gasteiger partial charge in [0.1, 0.15) is 9.83 Å². The molecule has 7 nitrogen and oxygen atoms in total. The molecule has 3 heterocycles. The van der Waals surface area contributed by atoms with E-state index in [2.05, 4.69) is 5.32 Å². The third-order valence-electron chi connectivity index (χ3n) is 6.96. The lowest BCUT2D eigenvalue weighted by atomic mass is 9.95. The van der Waals surface area contributed by atoms with Crippen molar-refractivity contribution in [3.8, 4) is 5.69 Å². The Labute approximate surface area is 232 Å². The van der Waals surface area contributed by atoms with Crippen molar-refractivity contribution in [1.82, 2.24) is 9.55 Å². The molecule has 1 amide bonds. The predicted octanol–water partition coefficient (Wildman–Crippen LogP) is 5.78. The number of nitrogens with one attached hydrogen (secondary N) is 1. The first-order chi connectivity index (χ1) is 18.5. The number of aromatic nitrogens is 2. The minimum Gasteiger partial charge on any atom is -0.462 e. The Kier molecular flexibility index (Phi) is 7.11. The van der Waals surface area contributed by atoms with Gasteiger partial charge < -0.3 is 10.1 Å². The molecule has 0 radical (unpaired) electrons. The van der Waals surface area contributed by atoms with E-state index in [0.717, 1.165) is 71.5 Å². The number of carbonyl (C=O) groups excluding carboxylic acids is 2. The average Bonchev–Trinajstić information content (AvgIpc) is 3.60. The molecule has 2 aliphatic rings. The highest BCUT2D eigenvalue weighted by Gasteiger charge is 2.28. The molecule has 1 aromatic carbocycles. The first-order valence-electron chi connectivity index (χ1n) is 12.9. The number of hydrogen-bond donors (Lipinski definition) is 1. The summed E-state index contributed by atoms with van der Waals surface area (Å²) in [4.78, 5) is 47.7. The fourth-order valence-electron chi connectivity index (χ4n) is 5.29. The lowest BCUT2D eigenvalue weighted by Gasteiger charge is -2.13. The fraction of sp³-hybridized carbons (Fsp3) is 0.357. The van der Waals surface area contributed by atoms with Crippen molar-refractivity contribution in [3.63, 3.8) is 0 Å². The van der Waals surface area contributed by atoms with Gasteiger partial charge in [-0.05, 0) is 75.1 Å². The summed E-state index contributed by atoms with van der Waals surface area (Å²) in [6.45, 7) is 2.06. The number of fused-ring (bicyclic) bond motifs is 4. The summed E-state index contributed by atoms with van der Waals surface area (Å²) in [5, 5.41) is 4.72. The van der Waals surface area contributed by atoms with Gasteiger partial charge in [0.15, 0.2) is 5.16 Å². The summed E-state index contributed by atoms with van der Waals surface area (Å²) in [6, 6.07) is 9.45. The molecule has 0 atom stereocenters. The number of nitrogens with zero attached hydrogens (tertiary/aromatic N) is 2. The number of thioether (sulfide) groups is 1. The summed E-state index contributed by atoms with van der Waals surface area (Å²) in [5.41, 5.74) is 3.29. The van der Waals surface area contributed by atoms with Crippen LogP contribution in [0.5, 0.6) is 0 Å². The van der Waals surface area contributed by atoms with Crippen LogP contribution < -0.4 is 10.9 Å². The van der Waals surface area contributed by atoms with Crippen molar-refractivity contribution in [3.05, 3.63) is 67.1 Å². The van der Waals surface area contributed by atoms with E-state index >= 15 is 0 Å². The Balaban J connectivity index is 1.30. The molecule has 196 valence electrons. The number of ether oxygens (including phenoxy) is 1. The normalized spacial score (nSPS) is 14.3. The largest absolute Gasteiger partial charge is 0.462 e. The van der Waals surface area contributed by atoms with E-state index in [9.17, 15) is 14.4 Å². The topological polar surface area (TPSA) is 90.3 Å². The van der Waals surface area contributed by atoms with Crippen LogP contribution in [-0.4, -0.2) is 33.8 Å². The molecule has 3 aromatic heterocycles. The van der Waals surface area contributed by atoms with Gasteiger partial charge >= 0.3 is 5.97 Å². The molecule has 1 N–H and O–H groups in total. The number of benzene rings is 1. The average molecular weight is 566 g/mol. The Morgan fingerprint density at radius 1 is 1.03 bits per heavy atom. The highest BCUT2D eigenvalue weighted by molar-refractivity contribution is 7.99. The summed E-state index contributed by atoms with van der Waals surface area (Å²) >= 11 is 4.30. The van der Waals surface area contributed by atoms with Gasteiger partial charge in [0.05, 0.1) is 29.0 Å². The van der Waals surface area contributed by atoms with E-state index in [1.165, 1.54) is 28.0 Å². The van der Waals surface area contributed by atoms with Gasteiger partial charge in [0, 0.05) is 9.75 Å². The van der Waals surface area contributed by atoms with Crippen LogP contribution in [0, 0.1) is 0 Å². The number of carbonyl (C=O) groups is 2. The first-order valence-corrected chi connectivity index (χ1v) is 15.5. The van der Waals surface area contributed by atoms with Crippen LogP contribution in [-0.2, 0) is 35.2 Å². The van der Waals surface area contributed by atoms with E-state index in [1.54, 1.807) is 22.8 Å². The lowest BCUT2D eigenvalue weighted by Crippen LogP contribution is -2.23. The van der Waals surface area contributed by atoms with Gasteiger partial charge in [-0.15, -0.1) is 22.7 Å². The number of anilines is 1. The third kappa shape index (κ3) is 4.58. The predicted molar refractivity (Wildman–Crippen MR) is 154 cm³/mol. The molecule has 2 aliphatic carbocycles. The van der Waals surface area contributed by atoms with E-state index in [4.69, 9.17) is 9.72 Å². The van der Waals surface area contributed by atoms with E-state index in [1.807, 2.05) is 30.3 Å². The van der Waals surface area contributed by atoms with Crippen molar-refractivity contribution in [1.29, 1.82) is 0 Å². The molecule has 38 heavy (non-hydrogen) atoms. The lowest BCUT2D eigenvalue weighted by molar-refractivity contribution is -0.113. The first kappa shape index (κ1) is 25.3. The number of aryl methyl sites for hydroxylation is 3. The minimum atomic E-state index is -0.384. The summed E-state index contributed by atoms with van der Waals surface area (Å²) in [5.74, 6) is -0.576. The molecule has 0 saturated heterocycles. The highest BCUT2D eigenvalue weighted by atomic mass is 32.2. The molecule has 0 saturated carbocycles. The van der Waals surface area contributed by atoms with Gasteiger partial charge in [-0.3, -0.25) is 14.2 Å². The number of esters is 1. The maximum absolute atomic E-state index is 13.8. The summed E-state index contributed by atoms with van der Waals surface area (Å²) < 4.78 is 6.94. The van der Waals surface area contributed by atoms with Crippen molar-refractivity contribution < 1.29 is 14.3 Å². The number of hydrogen-bond acceptors (Lipinski definition) is 8. The fourth-order valence-corrected chi connectivity index (χ4v) is 8.70. The molecule has 6 rings (SSSR count). The van der Waals surface area contributed by atoms with Crippen molar-refractivity contribution in [2.45, 2.75) is 57.0 Å². The highest BCUT2D eigenvalue weighted by Crippen LogP contribution is 2.39. The van der Waals surface area contributed by atoms with Crippen LogP contribution in [0.3, 0.4) is 0 Å². The van der Waals surface area contributed by atoms with E-state index < -0.39 is 0 Å². The maximum atomic E-state index is 13.8. The molecule has 0 fully saturated rings. The van der Waals surface area contributed by atoms with Crippen LogP contribution in [0.2, 0.25) is 0 Å². The number of rotatable bonds is 7. The Bertz CT molecular complexity index is 1600. The minimum absolute atomic E-state index is 0.0563. The summed E-state index contributed by atoms with van der Waals surface area (Å²) in [6.07, 6.45) is 6.80. The SMILES string of the molecule is CCOC(=O)c1c(NC(=O)CSc2nc3sc4c(c3c(=O)n2-c2ccccc2)CCC4)sc2c1CCCC2. The maximum Gasteiger partial charge on any atom is 0.341 e. The van der Waals surface area contributed by atoms with E-state index in [0.29, 0.717) is 21.1 Å². The molecule has 0 spiro atoms. The van der Waals surface area contributed by atoms with Crippen LogP contribution in [0.25, 0.3) is 15.9 Å². The third-order valence-corrected chi connectivity index (χ3v) is 10.3. The monoisotopic (exact) mass is 565 g/mol. The van der Waals surface area contributed by atoms with Crippen molar-refractivity contribution >= 4 is 61.5 Å². The van der Waals surface area contributed by atoms with Crippen LogP contribution >= 0.6 is 34.4 Å². The Morgan fingerprint density at radius 3 is 2.58 bits per heavy atom. The quantitative estimate of drug-likeness (QED) is 0.173. The second-order valence-electron chi connectivity index (χ2n) is 9.38. The smallest absolute Gasteiger partial charge is 0.341 e. The summed E-state index contributed by atoms with van der Waals surface area (Å²) in [7, 11) is 0. The second-order valence-corrected chi connectivity index (χ2v) is 12.5.